The van der Waals surface area contributed by atoms with Gasteiger partial charge in [-0.05, 0) is 20.3 Å². The van der Waals surface area contributed by atoms with Gasteiger partial charge in [0.15, 0.2) is 9.84 Å². The maximum Gasteiger partial charge on any atom is 0.152 e. The van der Waals surface area contributed by atoms with E-state index in [1.165, 1.54) is 6.33 Å². The lowest BCUT2D eigenvalue weighted by molar-refractivity contribution is 0.572. The Kier molecular flexibility index (Phi) is 3.43. The number of rotatable bonds is 4. The molecule has 1 aliphatic rings. The van der Waals surface area contributed by atoms with E-state index < -0.39 is 15.4 Å². The molecule has 0 bridgehead atoms. The van der Waals surface area contributed by atoms with E-state index in [9.17, 15) is 8.42 Å². The first-order chi connectivity index (χ1) is 8.42. The third-order valence-electron chi connectivity index (χ3n) is 2.96. The molecule has 18 heavy (non-hydrogen) atoms. The van der Waals surface area contributed by atoms with Gasteiger partial charge < -0.3 is 10.6 Å². The number of sulfone groups is 1. The molecule has 1 atom stereocenters. The maximum absolute atomic E-state index is 11.5. The Balaban J connectivity index is 2.12. The van der Waals surface area contributed by atoms with Crippen molar-refractivity contribution in [3.8, 4) is 0 Å². The molecule has 1 fully saturated rings. The molecule has 1 aromatic rings. The van der Waals surface area contributed by atoms with E-state index in [4.69, 9.17) is 0 Å². The van der Waals surface area contributed by atoms with Gasteiger partial charge in [-0.15, -0.1) is 0 Å². The molecule has 7 heteroatoms. The van der Waals surface area contributed by atoms with Crippen LogP contribution >= 0.6 is 0 Å². The number of hydrogen-bond acceptors (Lipinski definition) is 6. The van der Waals surface area contributed by atoms with Crippen LogP contribution in [-0.4, -0.2) is 42.0 Å². The van der Waals surface area contributed by atoms with Crippen molar-refractivity contribution >= 4 is 21.5 Å². The minimum atomic E-state index is -2.92. The summed E-state index contributed by atoms with van der Waals surface area (Å²) in [5.74, 6) is 1.78. The molecule has 6 nitrogen and oxygen atoms in total. The second-order valence-corrected chi connectivity index (χ2v) is 7.03. The number of aromatic nitrogens is 2. The fraction of sp³-hybridized carbons (Fsp3) is 0.636. The molecule has 0 saturated carbocycles. The van der Waals surface area contributed by atoms with Crippen LogP contribution in [-0.2, 0) is 9.84 Å². The van der Waals surface area contributed by atoms with Gasteiger partial charge in [-0.2, -0.15) is 0 Å². The first kappa shape index (κ1) is 13.1. The van der Waals surface area contributed by atoms with Crippen molar-refractivity contribution in [2.75, 3.05) is 28.7 Å². The molecule has 1 saturated heterocycles. The van der Waals surface area contributed by atoms with Crippen LogP contribution in [0.2, 0.25) is 0 Å². The minimum absolute atomic E-state index is 0.153. The lowest BCUT2D eigenvalue weighted by Gasteiger charge is -2.24. The van der Waals surface area contributed by atoms with Gasteiger partial charge in [0.2, 0.25) is 0 Å². The van der Waals surface area contributed by atoms with Crippen LogP contribution in [0.25, 0.3) is 0 Å². The summed E-state index contributed by atoms with van der Waals surface area (Å²) in [7, 11) is -2.92. The van der Waals surface area contributed by atoms with Gasteiger partial charge >= 0.3 is 0 Å². The maximum atomic E-state index is 11.5. The molecule has 0 radical (unpaired) electrons. The molecule has 1 aliphatic heterocycles. The summed E-state index contributed by atoms with van der Waals surface area (Å²) in [5.41, 5.74) is -0.434. The van der Waals surface area contributed by atoms with E-state index in [0.717, 1.165) is 12.4 Å². The highest BCUT2D eigenvalue weighted by molar-refractivity contribution is 7.91. The summed E-state index contributed by atoms with van der Waals surface area (Å²) in [4.78, 5) is 8.20. The second-order valence-electron chi connectivity index (χ2n) is 4.85. The Morgan fingerprint density at radius 1 is 1.39 bits per heavy atom. The van der Waals surface area contributed by atoms with E-state index >= 15 is 0 Å². The SMILES string of the molecule is CCNc1cc(NC2(C)CCS(=O)(=O)C2)ncn1. The average molecular weight is 270 g/mol. The van der Waals surface area contributed by atoms with Crippen LogP contribution in [0.3, 0.4) is 0 Å². The molecule has 1 unspecified atom stereocenters. The zero-order valence-corrected chi connectivity index (χ0v) is 11.4. The lowest BCUT2D eigenvalue weighted by atomic mass is 10.0. The number of nitrogens with zero attached hydrogens (tertiary/aromatic N) is 2. The standard InChI is InChI=1S/C11H18N4O2S/c1-3-12-9-6-10(14-8-13-9)15-11(2)4-5-18(16,17)7-11/h6,8H,3-5,7H2,1-2H3,(H2,12,13,14,15). The molecule has 2 N–H and O–H groups in total. The average Bonchev–Trinajstić information content (AvgIpc) is 2.53. The number of nitrogens with one attached hydrogen (secondary N) is 2. The molecule has 0 aliphatic carbocycles. The van der Waals surface area contributed by atoms with Crippen molar-refractivity contribution in [1.29, 1.82) is 0 Å². The molecular weight excluding hydrogens is 252 g/mol. The predicted molar refractivity (Wildman–Crippen MR) is 71.5 cm³/mol. The summed E-state index contributed by atoms with van der Waals surface area (Å²) in [5, 5.41) is 6.29. The quantitative estimate of drug-likeness (QED) is 0.845. The summed E-state index contributed by atoms with van der Waals surface area (Å²) in [6.07, 6.45) is 2.07. The predicted octanol–water partition coefficient (Wildman–Crippen LogP) is 0.897. The first-order valence-electron chi connectivity index (χ1n) is 5.97. The van der Waals surface area contributed by atoms with Crippen LogP contribution in [0.4, 0.5) is 11.6 Å². The highest BCUT2D eigenvalue weighted by atomic mass is 32.2. The highest BCUT2D eigenvalue weighted by Gasteiger charge is 2.38. The monoisotopic (exact) mass is 270 g/mol. The zero-order chi connectivity index (χ0) is 13.2. The molecule has 2 rings (SSSR count). The third kappa shape index (κ3) is 3.10. The summed E-state index contributed by atoms with van der Waals surface area (Å²) >= 11 is 0. The van der Waals surface area contributed by atoms with Gasteiger partial charge in [0.1, 0.15) is 18.0 Å². The van der Waals surface area contributed by atoms with Gasteiger partial charge in [-0.25, -0.2) is 18.4 Å². The van der Waals surface area contributed by atoms with E-state index in [-0.39, 0.29) is 11.5 Å². The van der Waals surface area contributed by atoms with Crippen molar-refractivity contribution in [2.24, 2.45) is 0 Å². The zero-order valence-electron chi connectivity index (χ0n) is 10.6. The smallest absolute Gasteiger partial charge is 0.152 e. The van der Waals surface area contributed by atoms with Crippen molar-refractivity contribution in [3.63, 3.8) is 0 Å². The second kappa shape index (κ2) is 4.72. The third-order valence-corrected chi connectivity index (χ3v) is 4.86. The van der Waals surface area contributed by atoms with Gasteiger partial charge in [-0.3, -0.25) is 0 Å². The Morgan fingerprint density at radius 2 is 2.11 bits per heavy atom. The number of anilines is 2. The highest BCUT2D eigenvalue weighted by Crippen LogP contribution is 2.27. The van der Waals surface area contributed by atoms with Gasteiger partial charge in [0.05, 0.1) is 17.0 Å². The van der Waals surface area contributed by atoms with Crippen LogP contribution in [0, 0.1) is 0 Å². The summed E-state index contributed by atoms with van der Waals surface area (Å²) < 4.78 is 23.0. The van der Waals surface area contributed by atoms with Crippen molar-refractivity contribution in [2.45, 2.75) is 25.8 Å². The topological polar surface area (TPSA) is 84.0 Å². The molecule has 0 aromatic carbocycles. The van der Waals surface area contributed by atoms with E-state index in [2.05, 4.69) is 20.6 Å². The van der Waals surface area contributed by atoms with Crippen LogP contribution in [0.15, 0.2) is 12.4 Å². The summed E-state index contributed by atoms with van der Waals surface area (Å²) in [6.45, 7) is 4.68. The molecule has 0 amide bonds. The normalized spacial score (nSPS) is 25.9. The Labute approximate surface area is 107 Å². The van der Waals surface area contributed by atoms with Crippen LogP contribution in [0.5, 0.6) is 0 Å². The van der Waals surface area contributed by atoms with Gasteiger partial charge in [0, 0.05) is 12.6 Å². The van der Waals surface area contributed by atoms with Crippen LogP contribution < -0.4 is 10.6 Å². The molecule has 100 valence electrons. The number of hydrogen-bond donors (Lipinski definition) is 2. The van der Waals surface area contributed by atoms with Crippen LogP contribution in [0.1, 0.15) is 20.3 Å². The van der Waals surface area contributed by atoms with Crippen molar-refractivity contribution in [1.82, 2.24) is 9.97 Å². The van der Waals surface area contributed by atoms with Crippen molar-refractivity contribution < 1.29 is 8.42 Å². The van der Waals surface area contributed by atoms with E-state index in [1.807, 2.05) is 13.8 Å². The summed E-state index contributed by atoms with van der Waals surface area (Å²) in [6, 6.07) is 1.79. The van der Waals surface area contributed by atoms with Crippen molar-refractivity contribution in [3.05, 3.63) is 12.4 Å². The van der Waals surface area contributed by atoms with E-state index in [1.54, 1.807) is 6.07 Å². The molecule has 2 heterocycles. The fourth-order valence-electron chi connectivity index (χ4n) is 2.12. The molecule has 1 aromatic heterocycles. The largest absolute Gasteiger partial charge is 0.370 e. The van der Waals surface area contributed by atoms with E-state index in [0.29, 0.717) is 12.2 Å². The fourth-order valence-corrected chi connectivity index (χ4v) is 4.21. The Hall–Kier alpha value is -1.37. The minimum Gasteiger partial charge on any atom is -0.370 e. The molecule has 0 spiro atoms. The van der Waals surface area contributed by atoms with Gasteiger partial charge in [-0.1, -0.05) is 0 Å². The lowest BCUT2D eigenvalue weighted by Crippen LogP contribution is -2.36. The Bertz CT molecular complexity index is 532. The Morgan fingerprint density at radius 3 is 2.72 bits per heavy atom. The molecular formula is C11H18N4O2S. The first-order valence-corrected chi connectivity index (χ1v) is 7.79. The van der Waals surface area contributed by atoms with Gasteiger partial charge in [0.25, 0.3) is 0 Å².